The average Bonchev–Trinajstić information content (AvgIpc) is 2.68. The molecule has 0 unspecified atom stereocenters. The Labute approximate surface area is 147 Å². The summed E-state index contributed by atoms with van der Waals surface area (Å²) in [7, 11) is 0. The maximum Gasteiger partial charge on any atom is 0.258 e. The van der Waals surface area contributed by atoms with Gasteiger partial charge in [0.05, 0.1) is 0 Å². The van der Waals surface area contributed by atoms with Crippen molar-refractivity contribution in [3.8, 4) is 5.75 Å². The van der Waals surface area contributed by atoms with Gasteiger partial charge in [-0.15, -0.1) is 0 Å². The minimum absolute atomic E-state index is 0.0575. The van der Waals surface area contributed by atoms with E-state index in [2.05, 4.69) is 0 Å². The van der Waals surface area contributed by atoms with Crippen LogP contribution >= 0.6 is 0 Å². The number of anilines is 1. The first-order valence-corrected chi connectivity index (χ1v) is 8.48. The van der Waals surface area contributed by atoms with E-state index in [1.807, 2.05) is 83.8 Å². The molecule has 25 heavy (non-hydrogen) atoms. The number of para-hydroxylation sites is 1. The van der Waals surface area contributed by atoms with Crippen LogP contribution in [0.4, 0.5) is 5.69 Å². The standard InChI is InChI=1S/C22H19NO2/c24-22-21-12-11-20(25-16-17-7-3-1-4-8-17)15-18(21)13-14-23(22)19-9-5-2-6-10-19/h1-12,15H,13-14,16H2. The molecule has 0 saturated heterocycles. The van der Waals surface area contributed by atoms with E-state index in [-0.39, 0.29) is 5.91 Å². The quantitative estimate of drug-likeness (QED) is 0.707. The Morgan fingerprint density at radius 3 is 2.36 bits per heavy atom. The van der Waals surface area contributed by atoms with E-state index < -0.39 is 0 Å². The van der Waals surface area contributed by atoms with Crippen molar-refractivity contribution in [3.05, 3.63) is 95.6 Å². The SMILES string of the molecule is O=C1c2ccc(OCc3ccccc3)cc2CCN1c1ccccc1. The van der Waals surface area contributed by atoms with E-state index in [1.165, 1.54) is 0 Å². The van der Waals surface area contributed by atoms with E-state index in [0.717, 1.165) is 34.5 Å². The number of hydrogen-bond donors (Lipinski definition) is 0. The highest BCUT2D eigenvalue weighted by atomic mass is 16.5. The van der Waals surface area contributed by atoms with E-state index in [0.29, 0.717) is 13.2 Å². The molecule has 1 amide bonds. The first kappa shape index (κ1) is 15.5. The fourth-order valence-electron chi connectivity index (χ4n) is 3.15. The Morgan fingerprint density at radius 2 is 1.60 bits per heavy atom. The highest BCUT2D eigenvalue weighted by Crippen LogP contribution is 2.27. The molecule has 0 radical (unpaired) electrons. The molecule has 3 aromatic carbocycles. The van der Waals surface area contributed by atoms with Crippen molar-refractivity contribution in [2.75, 3.05) is 11.4 Å². The zero-order valence-corrected chi connectivity index (χ0v) is 13.9. The van der Waals surface area contributed by atoms with Crippen molar-refractivity contribution in [1.29, 1.82) is 0 Å². The Hall–Kier alpha value is -3.07. The number of nitrogens with zero attached hydrogens (tertiary/aromatic N) is 1. The Morgan fingerprint density at radius 1 is 0.880 bits per heavy atom. The molecule has 0 aromatic heterocycles. The molecule has 4 rings (SSSR count). The Balaban J connectivity index is 1.51. The zero-order chi connectivity index (χ0) is 17.1. The number of carbonyl (C=O) groups excluding carboxylic acids is 1. The maximum absolute atomic E-state index is 12.8. The summed E-state index contributed by atoms with van der Waals surface area (Å²) in [5.74, 6) is 0.866. The van der Waals surface area contributed by atoms with Gasteiger partial charge in [0.1, 0.15) is 12.4 Å². The summed E-state index contributed by atoms with van der Waals surface area (Å²) >= 11 is 0. The van der Waals surface area contributed by atoms with Crippen LogP contribution in [0, 0.1) is 0 Å². The number of carbonyl (C=O) groups is 1. The normalized spacial score (nSPS) is 13.4. The van der Waals surface area contributed by atoms with Crippen molar-refractivity contribution < 1.29 is 9.53 Å². The van der Waals surface area contributed by atoms with E-state index in [4.69, 9.17) is 4.74 Å². The molecule has 0 bridgehead atoms. The molecule has 0 N–H and O–H groups in total. The van der Waals surface area contributed by atoms with Crippen molar-refractivity contribution in [2.45, 2.75) is 13.0 Å². The van der Waals surface area contributed by atoms with Gasteiger partial charge in [-0.3, -0.25) is 4.79 Å². The van der Waals surface area contributed by atoms with Crippen LogP contribution in [-0.4, -0.2) is 12.5 Å². The lowest BCUT2D eigenvalue weighted by molar-refractivity contribution is 0.0980. The lowest BCUT2D eigenvalue weighted by atomic mass is 9.98. The third kappa shape index (κ3) is 3.26. The molecular weight excluding hydrogens is 310 g/mol. The van der Waals surface area contributed by atoms with Gasteiger partial charge in [-0.05, 0) is 47.9 Å². The molecule has 1 aliphatic rings. The van der Waals surface area contributed by atoms with Gasteiger partial charge in [0.15, 0.2) is 0 Å². The predicted octanol–water partition coefficient (Wildman–Crippen LogP) is 4.47. The maximum atomic E-state index is 12.8. The summed E-state index contributed by atoms with van der Waals surface area (Å²) in [6.45, 7) is 1.22. The molecule has 0 saturated carbocycles. The third-order valence-corrected chi connectivity index (χ3v) is 4.47. The number of ether oxygens (including phenoxy) is 1. The van der Waals surface area contributed by atoms with Crippen LogP contribution in [0.5, 0.6) is 5.75 Å². The highest BCUT2D eigenvalue weighted by Gasteiger charge is 2.25. The summed E-state index contributed by atoms with van der Waals surface area (Å²) in [6.07, 6.45) is 0.832. The molecule has 0 fully saturated rings. The van der Waals surface area contributed by atoms with Crippen molar-refractivity contribution in [2.24, 2.45) is 0 Å². The lowest BCUT2D eigenvalue weighted by Gasteiger charge is -2.29. The van der Waals surface area contributed by atoms with Crippen molar-refractivity contribution >= 4 is 11.6 Å². The molecular formula is C22H19NO2. The number of amides is 1. The van der Waals surface area contributed by atoms with E-state index in [9.17, 15) is 4.79 Å². The summed E-state index contributed by atoms with van der Waals surface area (Å²) in [6, 6.07) is 25.7. The monoisotopic (exact) mass is 329 g/mol. The van der Waals surface area contributed by atoms with Gasteiger partial charge in [-0.2, -0.15) is 0 Å². The summed E-state index contributed by atoms with van der Waals surface area (Å²) < 4.78 is 5.88. The predicted molar refractivity (Wildman–Crippen MR) is 99.0 cm³/mol. The molecule has 124 valence electrons. The van der Waals surface area contributed by atoms with Crippen LogP contribution < -0.4 is 9.64 Å². The lowest BCUT2D eigenvalue weighted by Crippen LogP contribution is -2.37. The highest BCUT2D eigenvalue weighted by molar-refractivity contribution is 6.08. The van der Waals surface area contributed by atoms with Crippen LogP contribution in [0.1, 0.15) is 21.5 Å². The topological polar surface area (TPSA) is 29.5 Å². The molecule has 1 heterocycles. The molecule has 1 aliphatic heterocycles. The fourth-order valence-corrected chi connectivity index (χ4v) is 3.15. The van der Waals surface area contributed by atoms with E-state index >= 15 is 0 Å². The number of rotatable bonds is 4. The molecule has 0 atom stereocenters. The van der Waals surface area contributed by atoms with Gasteiger partial charge in [0.2, 0.25) is 0 Å². The first-order chi connectivity index (χ1) is 12.3. The van der Waals surface area contributed by atoms with Crippen LogP contribution in [0.2, 0.25) is 0 Å². The smallest absolute Gasteiger partial charge is 0.258 e. The van der Waals surface area contributed by atoms with Crippen molar-refractivity contribution in [3.63, 3.8) is 0 Å². The molecule has 0 aliphatic carbocycles. The summed E-state index contributed by atoms with van der Waals surface area (Å²) in [5, 5.41) is 0. The molecule has 3 nitrogen and oxygen atoms in total. The van der Waals surface area contributed by atoms with Crippen LogP contribution in [0.3, 0.4) is 0 Å². The second-order valence-corrected chi connectivity index (χ2v) is 6.14. The number of benzene rings is 3. The first-order valence-electron chi connectivity index (χ1n) is 8.48. The van der Waals surface area contributed by atoms with Crippen molar-refractivity contribution in [1.82, 2.24) is 0 Å². The third-order valence-electron chi connectivity index (χ3n) is 4.47. The minimum Gasteiger partial charge on any atom is -0.489 e. The van der Waals surface area contributed by atoms with Gasteiger partial charge < -0.3 is 9.64 Å². The second-order valence-electron chi connectivity index (χ2n) is 6.14. The van der Waals surface area contributed by atoms with Gasteiger partial charge in [0, 0.05) is 17.8 Å². The van der Waals surface area contributed by atoms with Gasteiger partial charge in [-0.25, -0.2) is 0 Å². The fraction of sp³-hybridized carbons (Fsp3) is 0.136. The second kappa shape index (κ2) is 6.81. The molecule has 0 spiro atoms. The number of hydrogen-bond acceptors (Lipinski definition) is 2. The van der Waals surface area contributed by atoms with Crippen LogP contribution in [-0.2, 0) is 13.0 Å². The molecule has 3 heteroatoms. The Bertz CT molecular complexity index is 875. The Kier molecular flexibility index (Phi) is 4.21. The zero-order valence-electron chi connectivity index (χ0n) is 13.9. The molecule has 3 aromatic rings. The number of fused-ring (bicyclic) bond motifs is 1. The minimum atomic E-state index is 0.0575. The summed E-state index contributed by atoms with van der Waals surface area (Å²) in [4.78, 5) is 14.6. The van der Waals surface area contributed by atoms with Crippen LogP contribution in [0.15, 0.2) is 78.9 Å². The van der Waals surface area contributed by atoms with Gasteiger partial charge in [-0.1, -0.05) is 48.5 Å². The van der Waals surface area contributed by atoms with Gasteiger partial charge in [0.25, 0.3) is 5.91 Å². The van der Waals surface area contributed by atoms with Gasteiger partial charge >= 0.3 is 0 Å². The van der Waals surface area contributed by atoms with Crippen LogP contribution in [0.25, 0.3) is 0 Å². The summed E-state index contributed by atoms with van der Waals surface area (Å²) in [5.41, 5.74) is 3.90. The van der Waals surface area contributed by atoms with E-state index in [1.54, 1.807) is 0 Å². The largest absolute Gasteiger partial charge is 0.489 e. The average molecular weight is 329 g/mol.